The molecule has 11 heteroatoms. The Morgan fingerprint density at radius 3 is 2.32 bits per heavy atom. The van der Waals surface area contributed by atoms with Gasteiger partial charge in [-0.25, -0.2) is 21.6 Å². The topological polar surface area (TPSA) is 121 Å². The van der Waals surface area contributed by atoms with Gasteiger partial charge in [0.15, 0.2) is 0 Å². The minimum Gasteiger partial charge on any atom is -0.345 e. The quantitative estimate of drug-likeness (QED) is 0.602. The molecule has 0 aromatic heterocycles. The zero-order valence-corrected chi connectivity index (χ0v) is 17.7. The second kappa shape index (κ2) is 8.48. The van der Waals surface area contributed by atoms with Gasteiger partial charge in [-0.1, -0.05) is 29.8 Å². The van der Waals surface area contributed by atoms with Gasteiger partial charge in [-0.15, -0.1) is 0 Å². The zero-order valence-electron chi connectivity index (χ0n) is 15.4. The Labute approximate surface area is 169 Å². The van der Waals surface area contributed by atoms with Crippen molar-refractivity contribution in [2.24, 2.45) is 0 Å². The maximum Gasteiger partial charge on any atom is 0.253 e. The van der Waals surface area contributed by atoms with Crippen LogP contribution in [0.3, 0.4) is 0 Å². The monoisotopic (exact) mass is 445 g/mol. The first-order chi connectivity index (χ1) is 12.9. The highest BCUT2D eigenvalue weighted by molar-refractivity contribution is 7.92. The van der Waals surface area contributed by atoms with E-state index in [9.17, 15) is 21.6 Å². The van der Waals surface area contributed by atoms with Gasteiger partial charge in [0.1, 0.15) is 0 Å². The third kappa shape index (κ3) is 5.44. The van der Waals surface area contributed by atoms with Crippen LogP contribution in [-0.2, 0) is 20.0 Å². The van der Waals surface area contributed by atoms with Crippen molar-refractivity contribution in [2.75, 3.05) is 18.0 Å². The predicted octanol–water partition coefficient (Wildman–Crippen LogP) is 2.11. The molecule has 1 unspecified atom stereocenters. The fraction of sp³-hybridized carbons (Fsp3) is 0.235. The number of nitrogens with one attached hydrogen (secondary N) is 3. The first-order valence-corrected chi connectivity index (χ1v) is 11.8. The van der Waals surface area contributed by atoms with Crippen LogP contribution < -0.4 is 14.8 Å². The molecule has 0 fully saturated rings. The van der Waals surface area contributed by atoms with Crippen LogP contribution in [0.1, 0.15) is 28.9 Å². The summed E-state index contributed by atoms with van der Waals surface area (Å²) in [6, 6.07) is 9.82. The molecule has 28 heavy (non-hydrogen) atoms. The zero-order chi connectivity index (χ0) is 21.1. The van der Waals surface area contributed by atoms with Gasteiger partial charge in [-0.2, -0.15) is 0 Å². The summed E-state index contributed by atoms with van der Waals surface area (Å²) in [6.07, 6.45) is 1.03. The molecule has 0 spiro atoms. The molecule has 1 atom stereocenters. The molecular weight excluding hydrogens is 426 g/mol. The van der Waals surface area contributed by atoms with Crippen molar-refractivity contribution in [3.05, 3.63) is 58.6 Å². The van der Waals surface area contributed by atoms with Crippen LogP contribution in [-0.4, -0.2) is 36.0 Å². The van der Waals surface area contributed by atoms with Crippen LogP contribution in [0, 0.1) is 0 Å². The first kappa shape index (κ1) is 22.2. The lowest BCUT2D eigenvalue weighted by Gasteiger charge is -2.19. The van der Waals surface area contributed by atoms with Gasteiger partial charge < -0.3 is 5.32 Å². The number of benzene rings is 2. The molecule has 0 heterocycles. The Balaban J connectivity index is 2.33. The van der Waals surface area contributed by atoms with Crippen molar-refractivity contribution < 1.29 is 21.6 Å². The molecule has 0 radical (unpaired) electrons. The fourth-order valence-electron chi connectivity index (χ4n) is 2.48. The molecule has 0 saturated heterocycles. The van der Waals surface area contributed by atoms with E-state index in [1.165, 1.54) is 25.2 Å². The number of sulfonamides is 2. The van der Waals surface area contributed by atoms with Crippen molar-refractivity contribution in [1.82, 2.24) is 10.0 Å². The van der Waals surface area contributed by atoms with E-state index in [0.717, 1.165) is 6.26 Å². The molecule has 3 N–H and O–H groups in total. The van der Waals surface area contributed by atoms with Gasteiger partial charge in [0.25, 0.3) is 5.91 Å². The van der Waals surface area contributed by atoms with Gasteiger partial charge in [0.05, 0.1) is 33.5 Å². The van der Waals surface area contributed by atoms with E-state index in [4.69, 9.17) is 11.6 Å². The second-order valence-electron chi connectivity index (χ2n) is 6.01. The normalized spacial score (nSPS) is 13.0. The van der Waals surface area contributed by atoms with E-state index in [-0.39, 0.29) is 15.5 Å². The second-order valence-corrected chi connectivity index (χ2v) is 10.0. The molecule has 152 valence electrons. The van der Waals surface area contributed by atoms with Gasteiger partial charge in [-0.3, -0.25) is 9.52 Å². The van der Waals surface area contributed by atoms with Crippen LogP contribution in [0.2, 0.25) is 5.02 Å². The maximum absolute atomic E-state index is 12.7. The number of anilines is 1. The van der Waals surface area contributed by atoms with E-state index in [1.54, 1.807) is 31.2 Å². The van der Waals surface area contributed by atoms with Crippen LogP contribution in [0.4, 0.5) is 5.69 Å². The Bertz CT molecular complexity index is 1100. The summed E-state index contributed by atoms with van der Waals surface area (Å²) in [6.45, 7) is 1.67. The minimum atomic E-state index is -3.74. The number of para-hydroxylation sites is 1. The number of carbonyl (C=O) groups excluding carboxylic acids is 1. The summed E-state index contributed by atoms with van der Waals surface area (Å²) in [7, 11) is -5.99. The molecule has 0 aliphatic carbocycles. The largest absolute Gasteiger partial charge is 0.345 e. The molecule has 2 rings (SSSR count). The Morgan fingerprint density at radius 1 is 1.07 bits per heavy atom. The number of hydrogen-bond acceptors (Lipinski definition) is 5. The Morgan fingerprint density at radius 2 is 1.71 bits per heavy atom. The average Bonchev–Trinajstić information content (AvgIpc) is 2.60. The summed E-state index contributed by atoms with van der Waals surface area (Å²) < 4.78 is 51.6. The summed E-state index contributed by atoms with van der Waals surface area (Å²) in [5, 5.41) is 2.79. The number of rotatable bonds is 7. The van der Waals surface area contributed by atoms with Crippen molar-refractivity contribution in [2.45, 2.75) is 17.9 Å². The molecule has 8 nitrogen and oxygen atoms in total. The molecule has 1 amide bonds. The summed E-state index contributed by atoms with van der Waals surface area (Å²) >= 11 is 6.06. The smallest absolute Gasteiger partial charge is 0.253 e. The lowest BCUT2D eigenvalue weighted by molar-refractivity contribution is 0.0940. The van der Waals surface area contributed by atoms with Crippen molar-refractivity contribution in [1.29, 1.82) is 0 Å². The molecule has 0 aliphatic heterocycles. The molecular formula is C17H20ClN3O5S2. The maximum atomic E-state index is 12.7. The Kier molecular flexibility index (Phi) is 6.71. The molecule has 2 aromatic carbocycles. The van der Waals surface area contributed by atoms with Gasteiger partial charge in [0, 0.05) is 0 Å². The van der Waals surface area contributed by atoms with Crippen LogP contribution in [0.25, 0.3) is 0 Å². The fourth-order valence-corrected chi connectivity index (χ4v) is 4.03. The van der Waals surface area contributed by atoms with Crippen molar-refractivity contribution in [3.8, 4) is 0 Å². The highest BCUT2D eigenvalue weighted by Crippen LogP contribution is 2.25. The SMILES string of the molecule is CNS(=O)(=O)c1ccc(Cl)c(C(=O)NC(C)c2ccccc2NS(C)(=O)=O)c1. The predicted molar refractivity (Wildman–Crippen MR) is 108 cm³/mol. The summed E-state index contributed by atoms with van der Waals surface area (Å²) in [4.78, 5) is 12.6. The molecule has 0 bridgehead atoms. The standard InChI is InChI=1S/C17H20ClN3O5S2/c1-11(13-6-4-5-7-16(13)21-27(3,23)24)20-17(22)14-10-12(8-9-15(14)18)28(25,26)19-2/h4-11,19,21H,1-3H3,(H,20,22). The molecule has 2 aromatic rings. The highest BCUT2D eigenvalue weighted by atomic mass is 35.5. The lowest BCUT2D eigenvalue weighted by Crippen LogP contribution is -2.28. The van der Waals surface area contributed by atoms with E-state index >= 15 is 0 Å². The number of amides is 1. The number of carbonyl (C=O) groups is 1. The van der Waals surface area contributed by atoms with Gasteiger partial charge in [0.2, 0.25) is 20.0 Å². The Hall–Kier alpha value is -2.14. The van der Waals surface area contributed by atoms with E-state index < -0.39 is 32.0 Å². The van der Waals surface area contributed by atoms with Gasteiger partial charge >= 0.3 is 0 Å². The highest BCUT2D eigenvalue weighted by Gasteiger charge is 2.20. The van der Waals surface area contributed by atoms with Crippen LogP contribution >= 0.6 is 11.6 Å². The molecule has 0 saturated carbocycles. The van der Waals surface area contributed by atoms with E-state index in [2.05, 4.69) is 14.8 Å². The summed E-state index contributed by atoms with van der Waals surface area (Å²) in [5.74, 6) is -0.597. The van der Waals surface area contributed by atoms with Crippen LogP contribution in [0.5, 0.6) is 0 Å². The average molecular weight is 446 g/mol. The first-order valence-electron chi connectivity index (χ1n) is 8.05. The van der Waals surface area contributed by atoms with E-state index in [1.807, 2.05) is 0 Å². The van der Waals surface area contributed by atoms with Crippen molar-refractivity contribution >= 4 is 43.2 Å². The number of halogens is 1. The van der Waals surface area contributed by atoms with Crippen LogP contribution in [0.15, 0.2) is 47.4 Å². The summed E-state index contributed by atoms with van der Waals surface area (Å²) in [5.41, 5.74) is 0.852. The third-order valence-corrected chi connectivity index (χ3v) is 6.16. The number of hydrogen-bond donors (Lipinski definition) is 3. The third-order valence-electron chi connectivity index (χ3n) is 3.83. The van der Waals surface area contributed by atoms with E-state index in [0.29, 0.717) is 11.3 Å². The van der Waals surface area contributed by atoms with Gasteiger partial charge in [-0.05, 0) is 43.8 Å². The lowest BCUT2D eigenvalue weighted by atomic mass is 10.1. The molecule has 0 aliphatic rings. The van der Waals surface area contributed by atoms with Crippen molar-refractivity contribution in [3.63, 3.8) is 0 Å². The minimum absolute atomic E-state index is 0.0154.